The van der Waals surface area contributed by atoms with Gasteiger partial charge in [-0.05, 0) is 49.7 Å². The van der Waals surface area contributed by atoms with Crippen LogP contribution in [0.5, 0.6) is 0 Å². The van der Waals surface area contributed by atoms with Gasteiger partial charge in [0.2, 0.25) is 0 Å². The highest BCUT2D eigenvalue weighted by Gasteiger charge is 2.17. The molecule has 1 heterocycles. The zero-order valence-electron chi connectivity index (χ0n) is 11.0. The van der Waals surface area contributed by atoms with Gasteiger partial charge in [0.15, 0.2) is 0 Å². The van der Waals surface area contributed by atoms with Gasteiger partial charge in [-0.1, -0.05) is 35.0 Å². The van der Waals surface area contributed by atoms with E-state index >= 15 is 0 Å². The molecular weight excluding hydrogens is 306 g/mol. The molecule has 1 unspecified atom stereocenters. The van der Waals surface area contributed by atoms with Crippen molar-refractivity contribution in [3.8, 4) is 0 Å². The van der Waals surface area contributed by atoms with E-state index in [2.05, 4.69) is 72.3 Å². The molecular formula is C15H18BrNS. The highest BCUT2D eigenvalue weighted by atomic mass is 79.9. The van der Waals surface area contributed by atoms with Gasteiger partial charge in [-0.15, -0.1) is 11.3 Å². The van der Waals surface area contributed by atoms with Crippen LogP contribution in [0.15, 0.2) is 34.8 Å². The first kappa shape index (κ1) is 13.8. The van der Waals surface area contributed by atoms with E-state index in [0.717, 1.165) is 11.0 Å². The van der Waals surface area contributed by atoms with E-state index in [9.17, 15) is 0 Å². The monoisotopic (exact) mass is 323 g/mol. The molecule has 0 aliphatic rings. The van der Waals surface area contributed by atoms with Crippen molar-refractivity contribution in [1.29, 1.82) is 0 Å². The molecule has 0 bridgehead atoms. The predicted octanol–water partition coefficient (Wildman–Crippen LogP) is 4.83. The molecule has 3 heteroatoms. The van der Waals surface area contributed by atoms with Gasteiger partial charge < -0.3 is 5.32 Å². The largest absolute Gasteiger partial charge is 0.306 e. The molecule has 2 aromatic rings. The van der Waals surface area contributed by atoms with E-state index in [1.54, 1.807) is 0 Å². The van der Waals surface area contributed by atoms with Gasteiger partial charge in [-0.25, -0.2) is 0 Å². The van der Waals surface area contributed by atoms with Crippen LogP contribution < -0.4 is 5.32 Å². The Hall–Kier alpha value is -0.640. The molecule has 1 nitrogen and oxygen atoms in total. The van der Waals surface area contributed by atoms with Crippen LogP contribution in [-0.2, 0) is 0 Å². The van der Waals surface area contributed by atoms with Crippen LogP contribution in [0.2, 0.25) is 0 Å². The van der Waals surface area contributed by atoms with E-state index < -0.39 is 0 Å². The van der Waals surface area contributed by atoms with Gasteiger partial charge in [-0.2, -0.15) is 0 Å². The molecule has 0 saturated heterocycles. The molecule has 0 radical (unpaired) electrons. The molecule has 1 aromatic carbocycles. The topological polar surface area (TPSA) is 12.0 Å². The summed E-state index contributed by atoms with van der Waals surface area (Å²) >= 11 is 5.44. The van der Waals surface area contributed by atoms with Crippen molar-refractivity contribution in [1.82, 2.24) is 5.32 Å². The first-order chi connectivity index (χ1) is 8.61. The van der Waals surface area contributed by atoms with Crippen LogP contribution in [0.3, 0.4) is 0 Å². The second-order valence-corrected chi connectivity index (χ2v) is 6.65. The predicted molar refractivity (Wildman–Crippen MR) is 83.5 cm³/mol. The number of aryl methyl sites for hydroxylation is 2. The fourth-order valence-electron chi connectivity index (χ4n) is 2.20. The Morgan fingerprint density at radius 1 is 1.28 bits per heavy atom. The Morgan fingerprint density at radius 2 is 2.06 bits per heavy atom. The zero-order chi connectivity index (χ0) is 13.1. The number of halogens is 1. The second-order valence-electron chi connectivity index (χ2n) is 4.45. The normalized spacial score (nSPS) is 12.7. The average Bonchev–Trinajstić information content (AvgIpc) is 2.65. The Balaban J connectivity index is 2.42. The molecule has 0 aliphatic heterocycles. The van der Waals surface area contributed by atoms with E-state index in [0.29, 0.717) is 6.04 Å². The van der Waals surface area contributed by atoms with Crippen LogP contribution in [0.4, 0.5) is 0 Å². The summed E-state index contributed by atoms with van der Waals surface area (Å²) in [6.45, 7) is 7.49. The number of benzene rings is 1. The van der Waals surface area contributed by atoms with Crippen LogP contribution in [-0.4, -0.2) is 6.54 Å². The van der Waals surface area contributed by atoms with Gasteiger partial charge in [0.05, 0.1) is 6.04 Å². The van der Waals surface area contributed by atoms with Crippen molar-refractivity contribution in [2.24, 2.45) is 0 Å². The van der Waals surface area contributed by atoms with Gasteiger partial charge in [-0.3, -0.25) is 0 Å². The summed E-state index contributed by atoms with van der Waals surface area (Å²) < 4.78 is 1.13. The Labute approximate surface area is 121 Å². The summed E-state index contributed by atoms with van der Waals surface area (Å²) in [5, 5.41) is 3.59. The Bertz CT molecular complexity index is 533. The maximum absolute atomic E-state index is 3.59. The third-order valence-electron chi connectivity index (χ3n) is 2.93. The summed E-state index contributed by atoms with van der Waals surface area (Å²) in [6.07, 6.45) is 0. The van der Waals surface area contributed by atoms with E-state index in [4.69, 9.17) is 0 Å². The van der Waals surface area contributed by atoms with Crippen LogP contribution in [0, 0.1) is 13.8 Å². The minimum Gasteiger partial charge on any atom is -0.306 e. The van der Waals surface area contributed by atoms with Crippen molar-refractivity contribution in [3.63, 3.8) is 0 Å². The van der Waals surface area contributed by atoms with Crippen LogP contribution in [0.25, 0.3) is 0 Å². The van der Waals surface area contributed by atoms with Crippen molar-refractivity contribution in [3.05, 3.63) is 55.7 Å². The lowest BCUT2D eigenvalue weighted by atomic mass is 10.0. The quantitative estimate of drug-likeness (QED) is 0.850. The first-order valence-electron chi connectivity index (χ1n) is 6.17. The van der Waals surface area contributed by atoms with Gasteiger partial charge in [0.25, 0.3) is 0 Å². The van der Waals surface area contributed by atoms with Crippen LogP contribution in [0.1, 0.15) is 33.8 Å². The molecule has 18 heavy (non-hydrogen) atoms. The van der Waals surface area contributed by atoms with Crippen molar-refractivity contribution in [2.45, 2.75) is 26.8 Å². The molecule has 0 amide bonds. The van der Waals surface area contributed by atoms with Crippen molar-refractivity contribution >= 4 is 27.3 Å². The van der Waals surface area contributed by atoms with Crippen LogP contribution >= 0.6 is 27.3 Å². The van der Waals surface area contributed by atoms with Crippen molar-refractivity contribution < 1.29 is 0 Å². The van der Waals surface area contributed by atoms with Gasteiger partial charge >= 0.3 is 0 Å². The lowest BCUT2D eigenvalue weighted by Crippen LogP contribution is -2.21. The molecule has 0 fully saturated rings. The highest BCUT2D eigenvalue weighted by Crippen LogP contribution is 2.32. The molecule has 96 valence electrons. The smallest absolute Gasteiger partial charge is 0.0674 e. The second kappa shape index (κ2) is 6.00. The number of hydrogen-bond donors (Lipinski definition) is 1. The average molecular weight is 324 g/mol. The molecule has 2 rings (SSSR count). The molecule has 0 saturated carbocycles. The number of hydrogen-bond acceptors (Lipinski definition) is 2. The zero-order valence-corrected chi connectivity index (χ0v) is 13.4. The standard InChI is InChI=1S/C15H18BrNS/c1-4-17-14(12-6-5-7-13(16)9-12)15-10(2)8-11(3)18-15/h5-9,14,17H,4H2,1-3H3. The van der Waals surface area contributed by atoms with E-state index in [1.807, 2.05) is 11.3 Å². The lowest BCUT2D eigenvalue weighted by Gasteiger charge is -2.18. The number of rotatable bonds is 4. The third kappa shape index (κ3) is 3.02. The maximum atomic E-state index is 3.59. The SMILES string of the molecule is CCNC(c1cccc(Br)c1)c1sc(C)cc1C. The first-order valence-corrected chi connectivity index (χ1v) is 7.78. The lowest BCUT2D eigenvalue weighted by molar-refractivity contribution is 0.637. The molecule has 1 N–H and O–H groups in total. The summed E-state index contributed by atoms with van der Waals surface area (Å²) in [4.78, 5) is 2.80. The van der Waals surface area contributed by atoms with Crippen molar-refractivity contribution in [2.75, 3.05) is 6.54 Å². The minimum atomic E-state index is 0.297. The maximum Gasteiger partial charge on any atom is 0.0674 e. The fraction of sp³-hybridized carbons (Fsp3) is 0.333. The summed E-state index contributed by atoms with van der Waals surface area (Å²) in [6, 6.07) is 11.1. The molecule has 0 aliphatic carbocycles. The Morgan fingerprint density at radius 3 is 2.61 bits per heavy atom. The number of nitrogens with one attached hydrogen (secondary N) is 1. The van der Waals surface area contributed by atoms with E-state index in [1.165, 1.54) is 20.9 Å². The van der Waals surface area contributed by atoms with E-state index in [-0.39, 0.29) is 0 Å². The molecule has 1 atom stereocenters. The number of thiophene rings is 1. The summed E-state index contributed by atoms with van der Waals surface area (Å²) in [5.41, 5.74) is 2.69. The van der Waals surface area contributed by atoms with Gasteiger partial charge in [0, 0.05) is 14.2 Å². The third-order valence-corrected chi connectivity index (χ3v) is 4.64. The molecule has 0 spiro atoms. The van der Waals surface area contributed by atoms with Gasteiger partial charge in [0.1, 0.15) is 0 Å². The Kier molecular flexibility index (Phi) is 4.60. The fourth-order valence-corrected chi connectivity index (χ4v) is 3.75. The molecule has 1 aromatic heterocycles. The summed E-state index contributed by atoms with van der Waals surface area (Å²) in [7, 11) is 0. The highest BCUT2D eigenvalue weighted by molar-refractivity contribution is 9.10. The summed E-state index contributed by atoms with van der Waals surface area (Å²) in [5.74, 6) is 0. The minimum absolute atomic E-state index is 0.297.